The van der Waals surface area contributed by atoms with E-state index in [-0.39, 0.29) is 5.91 Å². The highest BCUT2D eigenvalue weighted by atomic mass is 32.1. The number of anilines is 1. The lowest BCUT2D eigenvalue weighted by atomic mass is 10.2. The van der Waals surface area contributed by atoms with Crippen molar-refractivity contribution in [2.24, 2.45) is 0 Å². The second-order valence-corrected chi connectivity index (χ2v) is 5.99. The molecule has 1 saturated carbocycles. The van der Waals surface area contributed by atoms with Gasteiger partial charge < -0.3 is 14.3 Å². The zero-order chi connectivity index (χ0) is 14.2. The topological polar surface area (TPSA) is 75.4 Å². The Balaban J connectivity index is 1.39. The highest BCUT2D eigenvalue weighted by molar-refractivity contribution is 6.99. The Hall–Kier alpha value is -1.96. The monoisotopic (exact) mass is 305 g/mol. The summed E-state index contributed by atoms with van der Waals surface area (Å²) in [6.07, 6.45) is 4.05. The third-order valence-corrected chi connectivity index (χ3v) is 4.44. The van der Waals surface area contributed by atoms with Crippen LogP contribution < -0.4 is 4.90 Å². The molecule has 1 amide bonds. The zero-order valence-electron chi connectivity index (χ0n) is 11.4. The number of carbonyl (C=O) groups is 1. The first-order valence-electron chi connectivity index (χ1n) is 7.09. The Morgan fingerprint density at radius 2 is 2.10 bits per heavy atom. The Kier molecular flexibility index (Phi) is 3.10. The van der Waals surface area contributed by atoms with Gasteiger partial charge in [-0.2, -0.15) is 8.75 Å². The number of carbonyl (C=O) groups excluding carboxylic acids is 1. The SMILES string of the molecule is O=C(c1cc(C2CC2)on1)N1CCN(c2cnsn2)CC1. The van der Waals surface area contributed by atoms with E-state index in [4.69, 9.17) is 4.52 Å². The van der Waals surface area contributed by atoms with Crippen molar-refractivity contribution in [1.82, 2.24) is 18.8 Å². The van der Waals surface area contributed by atoms with Crippen molar-refractivity contribution in [2.45, 2.75) is 18.8 Å². The number of rotatable bonds is 3. The molecular weight excluding hydrogens is 290 g/mol. The molecule has 2 fully saturated rings. The largest absolute Gasteiger partial charge is 0.360 e. The lowest BCUT2D eigenvalue weighted by Gasteiger charge is -2.34. The molecule has 0 aromatic carbocycles. The Morgan fingerprint density at radius 1 is 1.29 bits per heavy atom. The second-order valence-electron chi connectivity index (χ2n) is 5.43. The summed E-state index contributed by atoms with van der Waals surface area (Å²) in [6, 6.07) is 1.80. The molecule has 1 aliphatic carbocycles. The van der Waals surface area contributed by atoms with Crippen molar-refractivity contribution in [3.05, 3.63) is 23.7 Å². The number of aromatic nitrogens is 3. The molecule has 1 aliphatic heterocycles. The molecule has 1 saturated heterocycles. The molecule has 2 aromatic heterocycles. The molecule has 0 radical (unpaired) electrons. The van der Waals surface area contributed by atoms with Gasteiger partial charge in [0.1, 0.15) is 5.76 Å². The van der Waals surface area contributed by atoms with Crippen LogP contribution in [0, 0.1) is 0 Å². The number of hydrogen-bond acceptors (Lipinski definition) is 7. The lowest BCUT2D eigenvalue weighted by Crippen LogP contribution is -2.49. The molecule has 8 heteroatoms. The highest BCUT2D eigenvalue weighted by Gasteiger charge is 2.30. The van der Waals surface area contributed by atoms with Gasteiger partial charge in [0.15, 0.2) is 11.5 Å². The van der Waals surface area contributed by atoms with Crippen LogP contribution in [0.1, 0.15) is 35.0 Å². The maximum absolute atomic E-state index is 12.4. The number of amides is 1. The summed E-state index contributed by atoms with van der Waals surface area (Å²) in [5, 5.41) is 3.92. The lowest BCUT2D eigenvalue weighted by molar-refractivity contribution is 0.0736. The molecule has 0 N–H and O–H groups in total. The summed E-state index contributed by atoms with van der Waals surface area (Å²) >= 11 is 1.20. The van der Waals surface area contributed by atoms with Gasteiger partial charge >= 0.3 is 0 Å². The van der Waals surface area contributed by atoms with Crippen molar-refractivity contribution < 1.29 is 9.32 Å². The predicted molar refractivity (Wildman–Crippen MR) is 76.5 cm³/mol. The van der Waals surface area contributed by atoms with Crippen molar-refractivity contribution in [1.29, 1.82) is 0 Å². The highest BCUT2D eigenvalue weighted by Crippen LogP contribution is 2.40. The molecule has 0 atom stereocenters. The van der Waals surface area contributed by atoms with E-state index in [1.807, 2.05) is 4.90 Å². The normalized spacial score (nSPS) is 19.0. The van der Waals surface area contributed by atoms with E-state index in [0.29, 0.717) is 24.7 Å². The van der Waals surface area contributed by atoms with Crippen LogP contribution in [0.2, 0.25) is 0 Å². The third-order valence-electron chi connectivity index (χ3n) is 3.97. The number of hydrogen-bond donors (Lipinski definition) is 0. The Morgan fingerprint density at radius 3 is 2.76 bits per heavy atom. The molecule has 0 unspecified atom stereocenters. The second kappa shape index (κ2) is 5.10. The minimum Gasteiger partial charge on any atom is -0.360 e. The molecule has 21 heavy (non-hydrogen) atoms. The molecular formula is C13H15N5O2S. The first-order chi connectivity index (χ1) is 10.3. The van der Waals surface area contributed by atoms with Crippen LogP contribution in [0.15, 0.2) is 16.8 Å². The van der Waals surface area contributed by atoms with Gasteiger partial charge in [-0.1, -0.05) is 5.16 Å². The van der Waals surface area contributed by atoms with Crippen LogP contribution in [0.3, 0.4) is 0 Å². The van der Waals surface area contributed by atoms with Gasteiger partial charge in [0, 0.05) is 38.2 Å². The van der Waals surface area contributed by atoms with E-state index >= 15 is 0 Å². The molecule has 3 heterocycles. The fraction of sp³-hybridized carbons (Fsp3) is 0.538. The van der Waals surface area contributed by atoms with Gasteiger partial charge in [0.25, 0.3) is 5.91 Å². The van der Waals surface area contributed by atoms with E-state index in [1.54, 1.807) is 12.3 Å². The molecule has 4 rings (SSSR count). The number of piperazine rings is 1. The maximum Gasteiger partial charge on any atom is 0.276 e. The first-order valence-corrected chi connectivity index (χ1v) is 7.83. The first kappa shape index (κ1) is 12.8. The predicted octanol–water partition coefficient (Wildman–Crippen LogP) is 1.37. The van der Waals surface area contributed by atoms with E-state index in [1.165, 1.54) is 11.7 Å². The molecule has 110 valence electrons. The third kappa shape index (κ3) is 2.51. The van der Waals surface area contributed by atoms with Crippen molar-refractivity contribution >= 4 is 23.5 Å². The number of nitrogens with zero attached hydrogens (tertiary/aromatic N) is 5. The van der Waals surface area contributed by atoms with Crippen LogP contribution >= 0.6 is 11.7 Å². The van der Waals surface area contributed by atoms with E-state index < -0.39 is 0 Å². The van der Waals surface area contributed by atoms with E-state index in [9.17, 15) is 4.79 Å². The van der Waals surface area contributed by atoms with Crippen LogP contribution in [-0.2, 0) is 0 Å². The molecule has 0 spiro atoms. The van der Waals surface area contributed by atoms with Crippen molar-refractivity contribution in [2.75, 3.05) is 31.1 Å². The smallest absolute Gasteiger partial charge is 0.276 e. The van der Waals surface area contributed by atoms with Gasteiger partial charge in [-0.05, 0) is 12.8 Å². The summed E-state index contributed by atoms with van der Waals surface area (Å²) in [7, 11) is 0. The standard InChI is InChI=1S/C13H15N5O2S/c19-13(10-7-11(20-15-10)9-1-2-9)18-5-3-17(4-6-18)12-8-14-21-16-12/h7-9H,1-6H2. The van der Waals surface area contributed by atoms with Gasteiger partial charge in [-0.3, -0.25) is 4.79 Å². The van der Waals surface area contributed by atoms with Crippen LogP contribution in [0.4, 0.5) is 5.82 Å². The Bertz CT molecular complexity index is 629. The average Bonchev–Trinajstić information content (AvgIpc) is 3.05. The molecule has 2 aliphatic rings. The van der Waals surface area contributed by atoms with Crippen LogP contribution in [0.25, 0.3) is 0 Å². The van der Waals surface area contributed by atoms with E-state index in [0.717, 1.165) is 37.5 Å². The summed E-state index contributed by atoms with van der Waals surface area (Å²) < 4.78 is 13.5. The minimum absolute atomic E-state index is 0.0401. The van der Waals surface area contributed by atoms with Gasteiger partial charge in [-0.15, -0.1) is 0 Å². The molecule has 7 nitrogen and oxygen atoms in total. The minimum atomic E-state index is -0.0401. The maximum atomic E-state index is 12.4. The summed E-state index contributed by atoms with van der Waals surface area (Å²) in [4.78, 5) is 16.4. The summed E-state index contributed by atoms with van der Waals surface area (Å²) in [5.74, 6) is 2.19. The molecule has 0 bridgehead atoms. The quantitative estimate of drug-likeness (QED) is 0.852. The summed E-state index contributed by atoms with van der Waals surface area (Å²) in [5.41, 5.74) is 0.431. The Labute approximate surface area is 125 Å². The van der Waals surface area contributed by atoms with Crippen LogP contribution in [-0.4, -0.2) is 50.9 Å². The van der Waals surface area contributed by atoms with Crippen molar-refractivity contribution in [3.8, 4) is 0 Å². The fourth-order valence-electron chi connectivity index (χ4n) is 2.55. The van der Waals surface area contributed by atoms with E-state index in [2.05, 4.69) is 18.8 Å². The average molecular weight is 305 g/mol. The van der Waals surface area contributed by atoms with Gasteiger partial charge in [0.05, 0.1) is 17.9 Å². The van der Waals surface area contributed by atoms with Crippen molar-refractivity contribution in [3.63, 3.8) is 0 Å². The fourth-order valence-corrected chi connectivity index (χ4v) is 2.98. The van der Waals surface area contributed by atoms with Crippen LogP contribution in [0.5, 0.6) is 0 Å². The van der Waals surface area contributed by atoms with Gasteiger partial charge in [-0.25, -0.2) is 0 Å². The zero-order valence-corrected chi connectivity index (χ0v) is 12.3. The summed E-state index contributed by atoms with van der Waals surface area (Å²) in [6.45, 7) is 2.87. The molecule has 2 aromatic rings. The van der Waals surface area contributed by atoms with Gasteiger partial charge in [0.2, 0.25) is 0 Å².